The van der Waals surface area contributed by atoms with Crippen molar-refractivity contribution in [2.24, 2.45) is 0 Å². The smallest absolute Gasteiger partial charge is 0.410 e. The van der Waals surface area contributed by atoms with Crippen LogP contribution >= 0.6 is 0 Å². The van der Waals surface area contributed by atoms with Crippen LogP contribution in [-0.2, 0) is 11.2 Å². The first kappa shape index (κ1) is 18.4. The molecule has 26 heavy (non-hydrogen) atoms. The second kappa shape index (κ2) is 7.43. The maximum absolute atomic E-state index is 13.0. The molecule has 1 aromatic heterocycles. The standard InChI is InChI=1S/C19H24FN3O3/c1-19(2,3)25-18(24)23-10-4-5-14(12-23)17-21-16(26-22-17)11-13-6-8-15(20)9-7-13/h6-9,14H,4-5,10-12H2,1-3H3. The van der Waals surface area contributed by atoms with Crippen molar-refractivity contribution in [3.8, 4) is 0 Å². The van der Waals surface area contributed by atoms with Crippen molar-refractivity contribution in [1.29, 1.82) is 0 Å². The Bertz CT molecular complexity index is 752. The molecule has 1 amide bonds. The van der Waals surface area contributed by atoms with Gasteiger partial charge < -0.3 is 14.2 Å². The van der Waals surface area contributed by atoms with Crippen LogP contribution in [0, 0.1) is 5.82 Å². The van der Waals surface area contributed by atoms with Gasteiger partial charge in [0.1, 0.15) is 11.4 Å². The first-order chi connectivity index (χ1) is 12.3. The first-order valence-corrected chi connectivity index (χ1v) is 8.85. The molecule has 3 rings (SSSR count). The Morgan fingerprint density at radius 2 is 2.08 bits per heavy atom. The normalized spacial score (nSPS) is 18.0. The number of rotatable bonds is 3. The van der Waals surface area contributed by atoms with Crippen LogP contribution in [0.5, 0.6) is 0 Å². The van der Waals surface area contributed by atoms with E-state index in [1.807, 2.05) is 20.8 Å². The minimum Gasteiger partial charge on any atom is -0.444 e. The molecule has 1 aromatic carbocycles. The average Bonchev–Trinajstić information content (AvgIpc) is 3.04. The van der Waals surface area contributed by atoms with E-state index in [1.165, 1.54) is 12.1 Å². The zero-order chi connectivity index (χ0) is 18.7. The van der Waals surface area contributed by atoms with Gasteiger partial charge in [-0.05, 0) is 51.3 Å². The number of piperidine rings is 1. The Balaban J connectivity index is 1.63. The molecule has 1 fully saturated rings. The molecule has 6 nitrogen and oxygen atoms in total. The molecule has 1 atom stereocenters. The summed E-state index contributed by atoms with van der Waals surface area (Å²) in [4.78, 5) is 18.4. The molecule has 7 heteroatoms. The number of hydrogen-bond donors (Lipinski definition) is 0. The van der Waals surface area contributed by atoms with E-state index in [9.17, 15) is 9.18 Å². The number of hydrogen-bond acceptors (Lipinski definition) is 5. The topological polar surface area (TPSA) is 68.5 Å². The molecule has 1 aliphatic rings. The lowest BCUT2D eigenvalue weighted by atomic mass is 9.98. The van der Waals surface area contributed by atoms with E-state index in [0.717, 1.165) is 18.4 Å². The summed E-state index contributed by atoms with van der Waals surface area (Å²) in [5.41, 5.74) is 0.388. The quantitative estimate of drug-likeness (QED) is 0.829. The highest BCUT2D eigenvalue weighted by Crippen LogP contribution is 2.26. The number of benzene rings is 1. The van der Waals surface area contributed by atoms with Gasteiger partial charge >= 0.3 is 6.09 Å². The van der Waals surface area contributed by atoms with Gasteiger partial charge in [0.15, 0.2) is 5.82 Å². The van der Waals surface area contributed by atoms with Crippen molar-refractivity contribution >= 4 is 6.09 Å². The third kappa shape index (κ3) is 4.80. The number of aromatic nitrogens is 2. The molecular weight excluding hydrogens is 337 g/mol. The Kier molecular flexibility index (Phi) is 5.25. The van der Waals surface area contributed by atoms with Gasteiger partial charge in [-0.2, -0.15) is 4.98 Å². The molecule has 2 aromatic rings. The number of carbonyl (C=O) groups excluding carboxylic acids is 1. The largest absolute Gasteiger partial charge is 0.444 e. The van der Waals surface area contributed by atoms with Gasteiger partial charge in [0.25, 0.3) is 0 Å². The Labute approximate surface area is 152 Å². The predicted octanol–water partition coefficient (Wildman–Crippen LogP) is 3.91. The van der Waals surface area contributed by atoms with E-state index >= 15 is 0 Å². The summed E-state index contributed by atoms with van der Waals surface area (Å²) in [6.45, 7) is 6.75. The fraction of sp³-hybridized carbons (Fsp3) is 0.526. The van der Waals surface area contributed by atoms with Crippen LogP contribution in [0.1, 0.15) is 56.8 Å². The molecule has 1 aliphatic heterocycles. The lowest BCUT2D eigenvalue weighted by Gasteiger charge is -2.32. The minimum atomic E-state index is -0.515. The Morgan fingerprint density at radius 3 is 2.77 bits per heavy atom. The summed E-state index contributed by atoms with van der Waals surface area (Å²) in [5.74, 6) is 0.850. The molecule has 0 spiro atoms. The van der Waals surface area contributed by atoms with Gasteiger partial charge in [0.2, 0.25) is 5.89 Å². The molecule has 0 radical (unpaired) electrons. The zero-order valence-corrected chi connectivity index (χ0v) is 15.4. The third-order valence-corrected chi connectivity index (χ3v) is 4.19. The van der Waals surface area contributed by atoms with Crippen molar-refractivity contribution < 1.29 is 18.4 Å². The Morgan fingerprint density at radius 1 is 1.35 bits per heavy atom. The van der Waals surface area contributed by atoms with Gasteiger partial charge in [-0.1, -0.05) is 17.3 Å². The lowest BCUT2D eigenvalue weighted by molar-refractivity contribution is 0.0195. The van der Waals surface area contributed by atoms with Crippen molar-refractivity contribution in [3.63, 3.8) is 0 Å². The van der Waals surface area contributed by atoms with Crippen LogP contribution in [-0.4, -0.2) is 39.8 Å². The highest BCUT2D eigenvalue weighted by molar-refractivity contribution is 5.68. The molecule has 0 aliphatic carbocycles. The molecule has 140 valence electrons. The monoisotopic (exact) mass is 361 g/mol. The maximum Gasteiger partial charge on any atom is 0.410 e. The minimum absolute atomic E-state index is 0.0296. The van der Waals surface area contributed by atoms with Crippen LogP contribution < -0.4 is 0 Å². The van der Waals surface area contributed by atoms with E-state index in [1.54, 1.807) is 17.0 Å². The second-order valence-corrected chi connectivity index (χ2v) is 7.62. The molecule has 0 N–H and O–H groups in total. The summed E-state index contributed by atoms with van der Waals surface area (Å²) in [6.07, 6.45) is 1.91. The summed E-state index contributed by atoms with van der Waals surface area (Å²) < 4.78 is 23.8. The van der Waals surface area contributed by atoms with Crippen LogP contribution in [0.4, 0.5) is 9.18 Å². The van der Waals surface area contributed by atoms with Gasteiger partial charge in [-0.15, -0.1) is 0 Å². The molecule has 1 saturated heterocycles. The number of carbonyl (C=O) groups is 1. The fourth-order valence-corrected chi connectivity index (χ4v) is 2.96. The number of amides is 1. The van der Waals surface area contributed by atoms with Crippen LogP contribution in [0.2, 0.25) is 0 Å². The van der Waals surface area contributed by atoms with Crippen LogP contribution in [0.25, 0.3) is 0 Å². The van der Waals surface area contributed by atoms with E-state index in [-0.39, 0.29) is 17.8 Å². The molecule has 1 unspecified atom stereocenters. The maximum atomic E-state index is 13.0. The number of ether oxygens (including phenoxy) is 1. The van der Waals surface area contributed by atoms with E-state index in [4.69, 9.17) is 9.26 Å². The van der Waals surface area contributed by atoms with Crippen molar-refractivity contribution in [3.05, 3.63) is 47.4 Å². The number of likely N-dealkylation sites (tertiary alicyclic amines) is 1. The molecule has 2 heterocycles. The highest BCUT2D eigenvalue weighted by atomic mass is 19.1. The number of nitrogens with zero attached hydrogens (tertiary/aromatic N) is 3. The second-order valence-electron chi connectivity index (χ2n) is 7.62. The van der Waals surface area contributed by atoms with Gasteiger partial charge in [0.05, 0.1) is 6.42 Å². The summed E-state index contributed by atoms with van der Waals surface area (Å²) in [5, 5.41) is 4.08. The number of halogens is 1. The van der Waals surface area contributed by atoms with E-state index in [0.29, 0.717) is 31.2 Å². The SMILES string of the molecule is CC(C)(C)OC(=O)N1CCCC(c2noc(Cc3ccc(F)cc3)n2)C1. The van der Waals surface area contributed by atoms with E-state index in [2.05, 4.69) is 10.1 Å². The van der Waals surface area contributed by atoms with Gasteiger partial charge in [-0.3, -0.25) is 0 Å². The van der Waals surface area contributed by atoms with Crippen LogP contribution in [0.15, 0.2) is 28.8 Å². The molecule has 0 saturated carbocycles. The van der Waals surface area contributed by atoms with Gasteiger partial charge in [0, 0.05) is 19.0 Å². The summed E-state index contributed by atoms with van der Waals surface area (Å²) in [7, 11) is 0. The zero-order valence-electron chi connectivity index (χ0n) is 15.4. The van der Waals surface area contributed by atoms with Crippen molar-refractivity contribution in [1.82, 2.24) is 15.0 Å². The fourth-order valence-electron chi connectivity index (χ4n) is 2.96. The third-order valence-electron chi connectivity index (χ3n) is 4.19. The average molecular weight is 361 g/mol. The highest BCUT2D eigenvalue weighted by Gasteiger charge is 2.30. The Hall–Kier alpha value is -2.44. The summed E-state index contributed by atoms with van der Waals surface area (Å²) >= 11 is 0. The van der Waals surface area contributed by atoms with Crippen molar-refractivity contribution in [2.45, 2.75) is 51.6 Å². The van der Waals surface area contributed by atoms with Crippen LogP contribution in [0.3, 0.4) is 0 Å². The molecular formula is C19H24FN3O3. The van der Waals surface area contributed by atoms with Gasteiger partial charge in [-0.25, -0.2) is 9.18 Å². The summed E-state index contributed by atoms with van der Waals surface area (Å²) in [6, 6.07) is 6.22. The predicted molar refractivity (Wildman–Crippen MR) is 93.3 cm³/mol. The van der Waals surface area contributed by atoms with Crippen molar-refractivity contribution in [2.75, 3.05) is 13.1 Å². The van der Waals surface area contributed by atoms with E-state index < -0.39 is 5.60 Å². The first-order valence-electron chi connectivity index (χ1n) is 8.85. The lowest BCUT2D eigenvalue weighted by Crippen LogP contribution is -2.42. The molecule has 0 bridgehead atoms.